The van der Waals surface area contributed by atoms with Crippen molar-refractivity contribution in [2.75, 3.05) is 5.75 Å². The normalized spacial score (nSPS) is 10.7. The molecule has 0 aliphatic rings. The molecule has 1 aromatic heterocycles. The first-order valence-corrected chi connectivity index (χ1v) is 8.37. The minimum atomic E-state index is -0.375. The number of tetrazole rings is 1. The van der Waals surface area contributed by atoms with E-state index in [1.54, 1.807) is 24.3 Å². The number of carbonyl (C=O) groups is 1. The second-order valence-corrected chi connectivity index (χ2v) is 6.43. The Labute approximate surface area is 144 Å². The maximum absolute atomic E-state index is 13.3. The van der Waals surface area contributed by atoms with E-state index in [-0.39, 0.29) is 17.4 Å². The van der Waals surface area contributed by atoms with Crippen LogP contribution in [0.4, 0.5) is 4.39 Å². The van der Waals surface area contributed by atoms with Gasteiger partial charge >= 0.3 is 0 Å². The van der Waals surface area contributed by atoms with Gasteiger partial charge in [0.1, 0.15) is 5.82 Å². The third-order valence-corrected chi connectivity index (χ3v) is 4.44. The lowest BCUT2D eigenvalue weighted by atomic mass is 10.2. The molecule has 0 fully saturated rings. The van der Waals surface area contributed by atoms with Crippen molar-refractivity contribution in [1.82, 2.24) is 20.2 Å². The van der Waals surface area contributed by atoms with Crippen LogP contribution in [0.15, 0.2) is 58.2 Å². The van der Waals surface area contributed by atoms with Crippen molar-refractivity contribution in [3.63, 3.8) is 0 Å². The molecule has 0 aliphatic heterocycles. The van der Waals surface area contributed by atoms with Crippen LogP contribution in [0, 0.1) is 5.82 Å². The standard InChI is InChI=1S/C15H10BrFN4OS/c16-11-6-4-10(5-7-11)14(22)9-23-15-18-19-20-21(15)13-3-1-2-12(17)8-13/h1-8H,9H2. The molecule has 0 amide bonds. The lowest BCUT2D eigenvalue weighted by Crippen LogP contribution is -2.05. The summed E-state index contributed by atoms with van der Waals surface area (Å²) >= 11 is 4.53. The first-order valence-electron chi connectivity index (χ1n) is 6.59. The number of hydrogen-bond donors (Lipinski definition) is 0. The van der Waals surface area contributed by atoms with Crippen molar-refractivity contribution in [1.29, 1.82) is 0 Å². The number of hydrogen-bond acceptors (Lipinski definition) is 5. The van der Waals surface area contributed by atoms with Crippen molar-refractivity contribution in [2.45, 2.75) is 5.16 Å². The number of benzene rings is 2. The van der Waals surface area contributed by atoms with Crippen LogP contribution >= 0.6 is 27.7 Å². The van der Waals surface area contributed by atoms with Gasteiger partial charge in [0.25, 0.3) is 0 Å². The molecule has 0 aliphatic carbocycles. The Morgan fingerprint density at radius 3 is 2.74 bits per heavy atom. The van der Waals surface area contributed by atoms with Gasteiger partial charge in [-0.1, -0.05) is 45.9 Å². The summed E-state index contributed by atoms with van der Waals surface area (Å²) in [5.74, 6) is -0.215. The number of Topliss-reactive ketones (excluding diaryl/α,β-unsaturated/α-hetero) is 1. The number of rotatable bonds is 5. The van der Waals surface area contributed by atoms with Gasteiger partial charge < -0.3 is 0 Å². The molecule has 0 N–H and O–H groups in total. The van der Waals surface area contributed by atoms with Crippen LogP contribution in [0.1, 0.15) is 10.4 Å². The van der Waals surface area contributed by atoms with E-state index in [1.165, 1.54) is 28.6 Å². The highest BCUT2D eigenvalue weighted by molar-refractivity contribution is 9.10. The summed E-state index contributed by atoms with van der Waals surface area (Å²) < 4.78 is 15.6. The molecule has 0 unspecified atom stereocenters. The summed E-state index contributed by atoms with van der Waals surface area (Å²) in [7, 11) is 0. The second kappa shape index (κ2) is 7.01. The number of aromatic nitrogens is 4. The topological polar surface area (TPSA) is 60.7 Å². The van der Waals surface area contributed by atoms with E-state index in [2.05, 4.69) is 31.5 Å². The van der Waals surface area contributed by atoms with Gasteiger partial charge in [-0.25, -0.2) is 4.39 Å². The molecule has 0 bridgehead atoms. The predicted octanol–water partition coefficient (Wildman–Crippen LogP) is 3.54. The molecule has 5 nitrogen and oxygen atoms in total. The maximum Gasteiger partial charge on any atom is 0.214 e. The Kier molecular flexibility index (Phi) is 4.82. The third kappa shape index (κ3) is 3.83. The Morgan fingerprint density at radius 2 is 2.00 bits per heavy atom. The highest BCUT2D eigenvalue weighted by atomic mass is 79.9. The number of halogens is 2. The quantitative estimate of drug-likeness (QED) is 0.490. The summed E-state index contributed by atoms with van der Waals surface area (Å²) in [5.41, 5.74) is 1.12. The minimum Gasteiger partial charge on any atom is -0.293 e. The zero-order valence-corrected chi connectivity index (χ0v) is 14.1. The van der Waals surface area contributed by atoms with Crippen LogP contribution in [0.5, 0.6) is 0 Å². The molecule has 8 heteroatoms. The van der Waals surface area contributed by atoms with Gasteiger partial charge in [0, 0.05) is 10.0 Å². The van der Waals surface area contributed by atoms with Gasteiger partial charge in [-0.05, 0) is 40.8 Å². The molecule has 2 aromatic carbocycles. The van der Waals surface area contributed by atoms with Crippen molar-refractivity contribution >= 4 is 33.5 Å². The molecule has 116 valence electrons. The van der Waals surface area contributed by atoms with Gasteiger partial charge in [-0.15, -0.1) is 5.10 Å². The lowest BCUT2D eigenvalue weighted by molar-refractivity contribution is 0.102. The Morgan fingerprint density at radius 1 is 1.22 bits per heavy atom. The third-order valence-electron chi connectivity index (χ3n) is 2.99. The van der Waals surface area contributed by atoms with Gasteiger partial charge in [0.15, 0.2) is 5.78 Å². The summed E-state index contributed by atoms with van der Waals surface area (Å²) in [6.45, 7) is 0. The van der Waals surface area contributed by atoms with Crippen LogP contribution in [-0.2, 0) is 0 Å². The molecule has 0 saturated carbocycles. The molecule has 0 spiro atoms. The Hall–Kier alpha value is -2.06. The van der Waals surface area contributed by atoms with E-state index < -0.39 is 0 Å². The maximum atomic E-state index is 13.3. The van der Waals surface area contributed by atoms with Gasteiger partial charge in [0.2, 0.25) is 5.16 Å². The molecular weight excluding hydrogens is 383 g/mol. The van der Waals surface area contributed by atoms with Crippen LogP contribution in [0.25, 0.3) is 5.69 Å². The van der Waals surface area contributed by atoms with E-state index in [1.807, 2.05) is 12.1 Å². The molecule has 3 rings (SSSR count). The smallest absolute Gasteiger partial charge is 0.214 e. The SMILES string of the molecule is O=C(CSc1nnnn1-c1cccc(F)c1)c1ccc(Br)cc1. The summed E-state index contributed by atoms with van der Waals surface area (Å²) in [6, 6.07) is 13.1. The average molecular weight is 393 g/mol. The monoisotopic (exact) mass is 392 g/mol. The van der Waals surface area contributed by atoms with E-state index in [9.17, 15) is 9.18 Å². The predicted molar refractivity (Wildman–Crippen MR) is 88.3 cm³/mol. The highest BCUT2D eigenvalue weighted by Gasteiger charge is 2.13. The fourth-order valence-corrected chi connectivity index (χ4v) is 2.94. The molecule has 3 aromatic rings. The lowest BCUT2D eigenvalue weighted by Gasteiger charge is -2.04. The first kappa shape index (κ1) is 15.8. The number of thioether (sulfide) groups is 1. The number of ketones is 1. The van der Waals surface area contributed by atoms with E-state index in [0.717, 1.165) is 4.47 Å². The molecular formula is C15H10BrFN4OS. The van der Waals surface area contributed by atoms with Crippen LogP contribution in [0.3, 0.4) is 0 Å². The zero-order valence-electron chi connectivity index (χ0n) is 11.7. The Bertz CT molecular complexity index is 838. The van der Waals surface area contributed by atoms with Crippen LogP contribution in [0.2, 0.25) is 0 Å². The van der Waals surface area contributed by atoms with Crippen molar-refractivity contribution in [3.05, 3.63) is 64.4 Å². The fraction of sp³-hybridized carbons (Fsp3) is 0.0667. The highest BCUT2D eigenvalue weighted by Crippen LogP contribution is 2.20. The minimum absolute atomic E-state index is 0.0312. The van der Waals surface area contributed by atoms with Crippen molar-refractivity contribution in [2.24, 2.45) is 0 Å². The zero-order chi connectivity index (χ0) is 16.2. The second-order valence-electron chi connectivity index (χ2n) is 4.57. The van der Waals surface area contributed by atoms with Crippen molar-refractivity contribution < 1.29 is 9.18 Å². The molecule has 0 saturated heterocycles. The van der Waals surface area contributed by atoms with Crippen molar-refractivity contribution in [3.8, 4) is 5.69 Å². The van der Waals surface area contributed by atoms with Gasteiger partial charge in [-0.2, -0.15) is 4.68 Å². The molecule has 23 heavy (non-hydrogen) atoms. The number of nitrogens with zero attached hydrogens (tertiary/aromatic N) is 4. The number of carbonyl (C=O) groups excluding carboxylic acids is 1. The summed E-state index contributed by atoms with van der Waals surface area (Å²) in [4.78, 5) is 12.2. The average Bonchev–Trinajstić information content (AvgIpc) is 3.02. The van der Waals surface area contributed by atoms with Gasteiger partial charge in [-0.3, -0.25) is 4.79 Å². The largest absolute Gasteiger partial charge is 0.293 e. The van der Waals surface area contributed by atoms with Crippen LogP contribution < -0.4 is 0 Å². The fourth-order valence-electron chi connectivity index (χ4n) is 1.89. The van der Waals surface area contributed by atoms with E-state index in [4.69, 9.17) is 0 Å². The first-order chi connectivity index (χ1) is 11.1. The van der Waals surface area contributed by atoms with Gasteiger partial charge in [0.05, 0.1) is 11.4 Å². The van der Waals surface area contributed by atoms with E-state index in [0.29, 0.717) is 16.4 Å². The summed E-state index contributed by atoms with van der Waals surface area (Å²) in [5, 5.41) is 11.7. The van der Waals surface area contributed by atoms with E-state index >= 15 is 0 Å². The summed E-state index contributed by atoms with van der Waals surface area (Å²) in [6.07, 6.45) is 0. The molecule has 0 atom stereocenters. The molecule has 0 radical (unpaired) electrons. The van der Waals surface area contributed by atoms with Crippen LogP contribution in [-0.4, -0.2) is 31.7 Å². The Balaban J connectivity index is 1.73. The molecule has 1 heterocycles.